The van der Waals surface area contributed by atoms with Gasteiger partial charge in [0.05, 0.1) is 5.54 Å². The van der Waals surface area contributed by atoms with E-state index in [9.17, 15) is 4.79 Å². The Balaban J connectivity index is 1.46. The van der Waals surface area contributed by atoms with Crippen molar-refractivity contribution >= 4 is 5.78 Å². The van der Waals surface area contributed by atoms with Gasteiger partial charge in [-0.2, -0.15) is 0 Å². The number of carbonyl (C=O) groups excluding carboxylic acids is 1. The van der Waals surface area contributed by atoms with Gasteiger partial charge in [0.1, 0.15) is 0 Å². The summed E-state index contributed by atoms with van der Waals surface area (Å²) in [5, 5.41) is 0. The van der Waals surface area contributed by atoms with Crippen LogP contribution >= 0.6 is 0 Å². The van der Waals surface area contributed by atoms with Gasteiger partial charge in [-0.3, -0.25) is 9.69 Å². The van der Waals surface area contributed by atoms with Gasteiger partial charge in [0.2, 0.25) is 0 Å². The number of ketones is 1. The highest BCUT2D eigenvalue weighted by Gasteiger charge is 2.53. The van der Waals surface area contributed by atoms with Crippen LogP contribution in [0.4, 0.5) is 0 Å². The first-order valence-corrected chi connectivity index (χ1v) is 8.29. The van der Waals surface area contributed by atoms with Gasteiger partial charge in [0.15, 0.2) is 5.78 Å². The first-order chi connectivity index (χ1) is 10.2. The molecule has 2 fully saturated rings. The van der Waals surface area contributed by atoms with Crippen LogP contribution in [0.1, 0.15) is 31.7 Å². The second kappa shape index (κ2) is 6.29. The average molecular weight is 286 g/mol. The molecule has 3 heteroatoms. The molecule has 0 amide bonds. The van der Waals surface area contributed by atoms with Crippen molar-refractivity contribution in [3.05, 3.63) is 35.9 Å². The molecule has 3 rings (SSSR count). The van der Waals surface area contributed by atoms with E-state index in [0.717, 1.165) is 52.0 Å². The lowest BCUT2D eigenvalue weighted by molar-refractivity contribution is -0.126. The summed E-state index contributed by atoms with van der Waals surface area (Å²) in [6.07, 6.45) is 3.99. The quantitative estimate of drug-likeness (QED) is 0.802. The lowest BCUT2D eigenvalue weighted by atomic mass is 10.1. The SMILES string of the molecule is CCC(=O)C1(N2CCN(CCc3ccccc3)CC2)CC1. The van der Waals surface area contributed by atoms with Gasteiger partial charge in [-0.1, -0.05) is 37.3 Å². The predicted molar refractivity (Wildman–Crippen MR) is 85.4 cm³/mol. The van der Waals surface area contributed by atoms with Crippen LogP contribution in [0.25, 0.3) is 0 Å². The fraction of sp³-hybridized carbons (Fsp3) is 0.611. The highest BCUT2D eigenvalue weighted by molar-refractivity contribution is 5.91. The van der Waals surface area contributed by atoms with Crippen molar-refractivity contribution in [1.29, 1.82) is 0 Å². The molecule has 0 bridgehead atoms. The van der Waals surface area contributed by atoms with Crippen LogP contribution < -0.4 is 0 Å². The maximum Gasteiger partial charge on any atom is 0.152 e. The van der Waals surface area contributed by atoms with Gasteiger partial charge in [0, 0.05) is 39.1 Å². The maximum absolute atomic E-state index is 12.1. The maximum atomic E-state index is 12.1. The van der Waals surface area contributed by atoms with Gasteiger partial charge in [0.25, 0.3) is 0 Å². The molecule has 1 aromatic carbocycles. The molecular weight excluding hydrogens is 260 g/mol. The van der Waals surface area contributed by atoms with E-state index in [-0.39, 0.29) is 5.54 Å². The normalized spacial score (nSPS) is 22.1. The minimum Gasteiger partial charge on any atom is -0.300 e. The molecular formula is C18H26N2O. The smallest absolute Gasteiger partial charge is 0.152 e. The first-order valence-electron chi connectivity index (χ1n) is 8.29. The Bertz CT molecular complexity index is 473. The second-order valence-electron chi connectivity index (χ2n) is 6.37. The Hall–Kier alpha value is -1.19. The van der Waals surface area contributed by atoms with Crippen LogP contribution in [0, 0.1) is 0 Å². The Kier molecular flexibility index (Phi) is 4.41. The Morgan fingerprint density at radius 1 is 1.10 bits per heavy atom. The van der Waals surface area contributed by atoms with E-state index in [1.807, 2.05) is 6.92 Å². The molecule has 0 atom stereocenters. The van der Waals surface area contributed by atoms with E-state index in [2.05, 4.69) is 40.1 Å². The number of benzene rings is 1. The van der Waals surface area contributed by atoms with Gasteiger partial charge in [-0.15, -0.1) is 0 Å². The summed E-state index contributed by atoms with van der Waals surface area (Å²) in [7, 11) is 0. The molecule has 0 aromatic heterocycles. The summed E-state index contributed by atoms with van der Waals surface area (Å²) in [5.41, 5.74) is 1.36. The number of hydrogen-bond donors (Lipinski definition) is 0. The topological polar surface area (TPSA) is 23.6 Å². The molecule has 1 aliphatic carbocycles. The van der Waals surface area contributed by atoms with E-state index in [1.54, 1.807) is 0 Å². The Labute approximate surface area is 127 Å². The monoisotopic (exact) mass is 286 g/mol. The lowest BCUT2D eigenvalue weighted by Crippen LogP contribution is -2.54. The van der Waals surface area contributed by atoms with E-state index in [4.69, 9.17) is 0 Å². The number of rotatable bonds is 6. The van der Waals surface area contributed by atoms with Crippen molar-refractivity contribution in [1.82, 2.24) is 9.80 Å². The van der Waals surface area contributed by atoms with E-state index >= 15 is 0 Å². The minimum absolute atomic E-state index is 0.0553. The van der Waals surface area contributed by atoms with Crippen LogP contribution in [0.15, 0.2) is 30.3 Å². The summed E-state index contributed by atoms with van der Waals surface area (Å²) in [6, 6.07) is 10.7. The highest BCUT2D eigenvalue weighted by Crippen LogP contribution is 2.43. The zero-order valence-electron chi connectivity index (χ0n) is 13.1. The molecule has 0 radical (unpaired) electrons. The summed E-state index contributed by atoms with van der Waals surface area (Å²) in [6.45, 7) is 7.45. The fourth-order valence-corrected chi connectivity index (χ4v) is 3.55. The van der Waals surface area contributed by atoms with Crippen LogP contribution in [0.2, 0.25) is 0 Å². The standard InChI is InChI=1S/C18H26N2O/c1-2-17(21)18(9-10-18)20-14-12-19(13-15-20)11-8-16-6-4-3-5-7-16/h3-7H,2,8-15H2,1H3. The minimum atomic E-state index is -0.0553. The zero-order chi connectivity index (χ0) is 14.7. The van der Waals surface area contributed by atoms with E-state index in [0.29, 0.717) is 12.2 Å². The van der Waals surface area contributed by atoms with Crippen molar-refractivity contribution in [3.8, 4) is 0 Å². The average Bonchev–Trinajstić information content (AvgIpc) is 3.35. The van der Waals surface area contributed by atoms with Crippen LogP contribution in [0.3, 0.4) is 0 Å². The van der Waals surface area contributed by atoms with Crippen LogP contribution in [0.5, 0.6) is 0 Å². The molecule has 0 unspecified atom stereocenters. The molecule has 3 nitrogen and oxygen atoms in total. The molecule has 21 heavy (non-hydrogen) atoms. The van der Waals surface area contributed by atoms with Crippen molar-refractivity contribution in [2.45, 2.75) is 38.1 Å². The summed E-state index contributed by atoms with van der Waals surface area (Å²) >= 11 is 0. The third-order valence-corrected chi connectivity index (χ3v) is 5.10. The third-order valence-electron chi connectivity index (χ3n) is 5.10. The second-order valence-corrected chi connectivity index (χ2v) is 6.37. The van der Waals surface area contributed by atoms with E-state index in [1.165, 1.54) is 5.56 Å². The summed E-state index contributed by atoms with van der Waals surface area (Å²) < 4.78 is 0. The van der Waals surface area contributed by atoms with Crippen LogP contribution in [-0.2, 0) is 11.2 Å². The first kappa shape index (κ1) is 14.7. The number of carbonyl (C=O) groups is 1. The molecule has 1 saturated carbocycles. The number of piperazine rings is 1. The summed E-state index contributed by atoms with van der Waals surface area (Å²) in [5.74, 6) is 0.459. The predicted octanol–water partition coefficient (Wildman–Crippen LogP) is 2.36. The van der Waals surface area contributed by atoms with Gasteiger partial charge < -0.3 is 4.90 Å². The lowest BCUT2D eigenvalue weighted by Gasteiger charge is -2.39. The largest absolute Gasteiger partial charge is 0.300 e. The molecule has 1 saturated heterocycles. The van der Waals surface area contributed by atoms with Crippen molar-refractivity contribution in [2.75, 3.05) is 32.7 Å². The Morgan fingerprint density at radius 2 is 1.76 bits per heavy atom. The molecule has 0 N–H and O–H groups in total. The molecule has 0 spiro atoms. The molecule has 2 aliphatic rings. The number of Topliss-reactive ketones (excluding diaryl/α,β-unsaturated/α-hetero) is 1. The fourth-order valence-electron chi connectivity index (χ4n) is 3.55. The third kappa shape index (κ3) is 3.19. The van der Waals surface area contributed by atoms with Gasteiger partial charge in [-0.05, 0) is 24.8 Å². The van der Waals surface area contributed by atoms with Crippen LogP contribution in [-0.4, -0.2) is 53.8 Å². The van der Waals surface area contributed by atoms with Gasteiger partial charge in [-0.25, -0.2) is 0 Å². The van der Waals surface area contributed by atoms with Crippen molar-refractivity contribution < 1.29 is 4.79 Å². The highest BCUT2D eigenvalue weighted by atomic mass is 16.1. The molecule has 1 heterocycles. The van der Waals surface area contributed by atoms with Crippen molar-refractivity contribution in [3.63, 3.8) is 0 Å². The summed E-state index contributed by atoms with van der Waals surface area (Å²) in [4.78, 5) is 17.1. The zero-order valence-corrected chi connectivity index (χ0v) is 13.1. The molecule has 114 valence electrons. The van der Waals surface area contributed by atoms with Gasteiger partial charge >= 0.3 is 0 Å². The van der Waals surface area contributed by atoms with E-state index < -0.39 is 0 Å². The molecule has 1 aliphatic heterocycles. The Morgan fingerprint density at radius 3 is 2.33 bits per heavy atom. The number of hydrogen-bond acceptors (Lipinski definition) is 3. The number of nitrogens with zero attached hydrogens (tertiary/aromatic N) is 2. The molecule has 1 aromatic rings. The van der Waals surface area contributed by atoms with Crippen molar-refractivity contribution in [2.24, 2.45) is 0 Å².